The predicted octanol–water partition coefficient (Wildman–Crippen LogP) is 2.15. The van der Waals surface area contributed by atoms with Crippen molar-refractivity contribution in [3.63, 3.8) is 0 Å². The molecule has 2 heteroatoms. The molecule has 1 unspecified atom stereocenters. The van der Waals surface area contributed by atoms with E-state index in [9.17, 15) is 0 Å². The molecule has 1 saturated carbocycles. The van der Waals surface area contributed by atoms with Crippen LogP contribution >= 0.6 is 0 Å². The largest absolute Gasteiger partial charge is 0.315 e. The third kappa shape index (κ3) is 2.94. The first-order valence-electron chi connectivity index (χ1n) is 6.67. The van der Waals surface area contributed by atoms with E-state index in [2.05, 4.69) is 24.5 Å². The van der Waals surface area contributed by atoms with Crippen LogP contribution in [0.4, 0.5) is 0 Å². The van der Waals surface area contributed by atoms with E-state index in [0.717, 1.165) is 12.0 Å². The van der Waals surface area contributed by atoms with Crippen LogP contribution in [0.3, 0.4) is 0 Å². The van der Waals surface area contributed by atoms with Gasteiger partial charge in [-0.25, -0.2) is 0 Å². The van der Waals surface area contributed by atoms with Gasteiger partial charge < -0.3 is 10.6 Å². The van der Waals surface area contributed by atoms with Gasteiger partial charge in [0.25, 0.3) is 0 Å². The normalized spacial score (nSPS) is 29.4. The number of nitrogens with one attached hydrogen (secondary N) is 2. The van der Waals surface area contributed by atoms with Crippen molar-refractivity contribution in [2.75, 3.05) is 19.6 Å². The lowest BCUT2D eigenvalue weighted by Gasteiger charge is -2.26. The molecule has 0 aromatic rings. The summed E-state index contributed by atoms with van der Waals surface area (Å²) < 4.78 is 0. The molecule has 2 N–H and O–H groups in total. The first kappa shape index (κ1) is 11.4. The van der Waals surface area contributed by atoms with Crippen LogP contribution < -0.4 is 10.6 Å². The number of piperidine rings is 1. The molecule has 0 amide bonds. The van der Waals surface area contributed by atoms with E-state index in [-0.39, 0.29) is 0 Å². The fourth-order valence-corrected chi connectivity index (χ4v) is 2.71. The number of hydrogen-bond acceptors (Lipinski definition) is 2. The molecule has 1 aliphatic carbocycles. The molecule has 2 rings (SSSR count). The van der Waals surface area contributed by atoms with Gasteiger partial charge in [-0.05, 0) is 43.6 Å². The minimum absolute atomic E-state index is 0.661. The van der Waals surface area contributed by atoms with Crippen molar-refractivity contribution in [1.82, 2.24) is 10.6 Å². The van der Waals surface area contributed by atoms with Crippen molar-refractivity contribution in [2.45, 2.75) is 52.0 Å². The van der Waals surface area contributed by atoms with Crippen LogP contribution in [0.5, 0.6) is 0 Å². The Bertz CT molecular complexity index is 191. The SMILES string of the molecule is CC(C)C1(CNCC2CCCCN2)CC1. The van der Waals surface area contributed by atoms with Crippen LogP contribution in [0.2, 0.25) is 0 Å². The Balaban J connectivity index is 1.62. The second-order valence-electron chi connectivity index (χ2n) is 5.79. The van der Waals surface area contributed by atoms with Crippen LogP contribution in [-0.2, 0) is 0 Å². The second-order valence-corrected chi connectivity index (χ2v) is 5.79. The summed E-state index contributed by atoms with van der Waals surface area (Å²) in [5.74, 6) is 0.851. The smallest absolute Gasteiger partial charge is 0.0192 e. The minimum atomic E-state index is 0.661. The molecule has 1 heterocycles. The molecule has 0 spiro atoms. The van der Waals surface area contributed by atoms with Crippen LogP contribution in [0.25, 0.3) is 0 Å². The summed E-state index contributed by atoms with van der Waals surface area (Å²) in [6, 6.07) is 0.738. The molecule has 2 fully saturated rings. The molecule has 1 aliphatic heterocycles. The van der Waals surface area contributed by atoms with E-state index in [4.69, 9.17) is 0 Å². The van der Waals surface area contributed by atoms with E-state index >= 15 is 0 Å². The third-order valence-corrected chi connectivity index (χ3v) is 4.40. The van der Waals surface area contributed by atoms with Gasteiger partial charge in [0.1, 0.15) is 0 Å². The first-order chi connectivity index (χ1) is 7.23. The predicted molar refractivity (Wildman–Crippen MR) is 65.0 cm³/mol. The standard InChI is InChI=1S/C13H26N2/c1-11(2)13(6-7-13)10-14-9-12-5-3-4-8-15-12/h11-12,14-15H,3-10H2,1-2H3. The van der Waals surface area contributed by atoms with Crippen LogP contribution in [0, 0.1) is 11.3 Å². The van der Waals surface area contributed by atoms with Gasteiger partial charge in [0, 0.05) is 19.1 Å². The zero-order chi connectivity index (χ0) is 10.7. The average Bonchev–Trinajstić information content (AvgIpc) is 3.01. The van der Waals surface area contributed by atoms with E-state index in [0.29, 0.717) is 5.41 Å². The minimum Gasteiger partial charge on any atom is -0.315 e. The summed E-state index contributed by atoms with van der Waals surface area (Å²) in [7, 11) is 0. The highest BCUT2D eigenvalue weighted by Crippen LogP contribution is 2.51. The maximum Gasteiger partial charge on any atom is 0.0192 e. The Kier molecular flexibility index (Phi) is 3.68. The van der Waals surface area contributed by atoms with Crippen molar-refractivity contribution in [3.05, 3.63) is 0 Å². The lowest BCUT2D eigenvalue weighted by atomic mass is 9.92. The van der Waals surface area contributed by atoms with E-state index < -0.39 is 0 Å². The monoisotopic (exact) mass is 210 g/mol. The van der Waals surface area contributed by atoms with E-state index in [1.807, 2.05) is 0 Å². The molecule has 1 atom stereocenters. The molecule has 0 aromatic heterocycles. The summed E-state index contributed by atoms with van der Waals surface area (Å²) in [4.78, 5) is 0. The maximum atomic E-state index is 3.68. The van der Waals surface area contributed by atoms with Crippen LogP contribution in [0.1, 0.15) is 46.0 Å². The van der Waals surface area contributed by atoms with Crippen molar-refractivity contribution >= 4 is 0 Å². The highest BCUT2D eigenvalue weighted by Gasteiger charge is 2.44. The molecule has 2 aliphatic rings. The van der Waals surface area contributed by atoms with Gasteiger partial charge >= 0.3 is 0 Å². The first-order valence-corrected chi connectivity index (χ1v) is 6.67. The molecular weight excluding hydrogens is 184 g/mol. The molecule has 0 bridgehead atoms. The van der Waals surface area contributed by atoms with Crippen molar-refractivity contribution in [2.24, 2.45) is 11.3 Å². The maximum absolute atomic E-state index is 3.68. The van der Waals surface area contributed by atoms with Gasteiger partial charge in [-0.2, -0.15) is 0 Å². The number of rotatable bonds is 5. The highest BCUT2D eigenvalue weighted by atomic mass is 15.0. The summed E-state index contributed by atoms with van der Waals surface area (Å²) in [6.07, 6.45) is 7.02. The summed E-state index contributed by atoms with van der Waals surface area (Å²) >= 11 is 0. The van der Waals surface area contributed by atoms with Crippen molar-refractivity contribution < 1.29 is 0 Å². The molecule has 1 saturated heterocycles. The topological polar surface area (TPSA) is 24.1 Å². The lowest BCUT2D eigenvalue weighted by Crippen LogP contribution is -2.43. The molecular formula is C13H26N2. The Morgan fingerprint density at radius 2 is 2.13 bits per heavy atom. The summed E-state index contributed by atoms with van der Waals surface area (Å²) in [5, 5.41) is 7.27. The zero-order valence-corrected chi connectivity index (χ0v) is 10.3. The molecule has 0 radical (unpaired) electrons. The second kappa shape index (κ2) is 4.84. The van der Waals surface area contributed by atoms with E-state index in [1.165, 1.54) is 51.7 Å². The van der Waals surface area contributed by atoms with Gasteiger partial charge in [-0.15, -0.1) is 0 Å². The third-order valence-electron chi connectivity index (χ3n) is 4.40. The van der Waals surface area contributed by atoms with Crippen LogP contribution in [0.15, 0.2) is 0 Å². The van der Waals surface area contributed by atoms with Crippen molar-refractivity contribution in [3.8, 4) is 0 Å². The lowest BCUT2D eigenvalue weighted by molar-refractivity contribution is 0.316. The van der Waals surface area contributed by atoms with Gasteiger partial charge in [-0.1, -0.05) is 20.3 Å². The Hall–Kier alpha value is -0.0800. The molecule has 15 heavy (non-hydrogen) atoms. The van der Waals surface area contributed by atoms with Gasteiger partial charge in [0.2, 0.25) is 0 Å². The van der Waals surface area contributed by atoms with Gasteiger partial charge in [0.05, 0.1) is 0 Å². The fraction of sp³-hybridized carbons (Fsp3) is 1.00. The average molecular weight is 210 g/mol. The highest BCUT2D eigenvalue weighted by molar-refractivity contribution is 4.97. The van der Waals surface area contributed by atoms with E-state index in [1.54, 1.807) is 0 Å². The van der Waals surface area contributed by atoms with Crippen molar-refractivity contribution in [1.29, 1.82) is 0 Å². The molecule has 88 valence electrons. The quantitative estimate of drug-likeness (QED) is 0.726. The van der Waals surface area contributed by atoms with Gasteiger partial charge in [-0.3, -0.25) is 0 Å². The fourth-order valence-electron chi connectivity index (χ4n) is 2.71. The number of hydrogen-bond donors (Lipinski definition) is 2. The summed E-state index contributed by atoms with van der Waals surface area (Å²) in [6.45, 7) is 8.38. The zero-order valence-electron chi connectivity index (χ0n) is 10.3. The summed E-state index contributed by atoms with van der Waals surface area (Å²) in [5.41, 5.74) is 0.661. The molecule has 2 nitrogen and oxygen atoms in total. The van der Waals surface area contributed by atoms with Crippen LogP contribution in [-0.4, -0.2) is 25.7 Å². The Morgan fingerprint density at radius 1 is 1.33 bits per heavy atom. The Labute approximate surface area is 94.2 Å². The van der Waals surface area contributed by atoms with Gasteiger partial charge in [0.15, 0.2) is 0 Å². The molecule has 0 aromatic carbocycles. The Morgan fingerprint density at radius 3 is 2.67 bits per heavy atom.